The molecule has 0 radical (unpaired) electrons. The lowest BCUT2D eigenvalue weighted by atomic mass is 10.0. The van der Waals surface area contributed by atoms with Crippen molar-refractivity contribution in [2.24, 2.45) is 0 Å². The highest BCUT2D eigenvalue weighted by Gasteiger charge is 2.27. The van der Waals surface area contributed by atoms with Crippen LogP contribution in [0.15, 0.2) is 48.7 Å². The molecular weight excluding hydrogens is 555 g/mol. The Hall–Kier alpha value is -3.19. The molecular formula is C27H34ClFN8O2S. The van der Waals surface area contributed by atoms with Gasteiger partial charge < -0.3 is 20.4 Å². The Morgan fingerprint density at radius 3 is 2.35 bits per heavy atom. The third-order valence-corrected chi connectivity index (χ3v) is 8.15. The largest absolute Gasteiger partial charge is 0.369 e. The van der Waals surface area contributed by atoms with Gasteiger partial charge in [0.1, 0.15) is 10.8 Å². The van der Waals surface area contributed by atoms with Crippen LogP contribution in [0, 0.1) is 5.82 Å². The molecule has 3 N–H and O–H groups in total. The summed E-state index contributed by atoms with van der Waals surface area (Å²) in [6, 6.07) is 12.4. The summed E-state index contributed by atoms with van der Waals surface area (Å²) in [6.45, 7) is 6.06. The summed E-state index contributed by atoms with van der Waals surface area (Å²) >= 11 is 6.31. The molecule has 0 bridgehead atoms. The minimum absolute atomic E-state index is 0.209. The molecule has 214 valence electrons. The fraction of sp³-hybridized carbons (Fsp3) is 0.407. The number of rotatable bonds is 8. The number of hydrogen-bond acceptors (Lipinski definition) is 9. The van der Waals surface area contributed by atoms with Crippen molar-refractivity contribution in [3.63, 3.8) is 0 Å². The fourth-order valence-corrected chi connectivity index (χ4v) is 5.87. The molecule has 0 spiro atoms. The van der Waals surface area contributed by atoms with E-state index in [4.69, 9.17) is 11.6 Å². The maximum absolute atomic E-state index is 15.2. The Morgan fingerprint density at radius 2 is 1.68 bits per heavy atom. The smallest absolute Gasteiger partial charge is 0.229 e. The molecule has 0 amide bonds. The first kappa shape index (κ1) is 28.3. The fourth-order valence-electron chi connectivity index (χ4n) is 5.15. The highest BCUT2D eigenvalue weighted by atomic mass is 35.5. The molecule has 2 aliphatic rings. The lowest BCUT2D eigenvalue weighted by molar-refractivity contribution is 0.0981. The van der Waals surface area contributed by atoms with Gasteiger partial charge in [-0.15, -0.1) is 0 Å². The third kappa shape index (κ3) is 7.11. The van der Waals surface area contributed by atoms with E-state index in [1.165, 1.54) is 12.3 Å². The van der Waals surface area contributed by atoms with E-state index in [-0.39, 0.29) is 22.6 Å². The van der Waals surface area contributed by atoms with E-state index >= 15 is 4.39 Å². The van der Waals surface area contributed by atoms with Crippen LogP contribution >= 0.6 is 11.6 Å². The lowest BCUT2D eigenvalue weighted by Gasteiger charge is -2.42. The van der Waals surface area contributed by atoms with E-state index in [1.54, 1.807) is 36.4 Å². The molecule has 10 nitrogen and oxygen atoms in total. The number of benzene rings is 2. The Labute approximate surface area is 239 Å². The molecule has 0 atom stereocenters. The Bertz CT molecular complexity index is 1440. The molecule has 2 saturated heterocycles. The van der Waals surface area contributed by atoms with Gasteiger partial charge in [0.2, 0.25) is 16.0 Å². The average molecular weight is 589 g/mol. The van der Waals surface area contributed by atoms with Crippen molar-refractivity contribution >= 4 is 56.1 Å². The summed E-state index contributed by atoms with van der Waals surface area (Å²) in [6.07, 6.45) is 4.55. The maximum Gasteiger partial charge on any atom is 0.229 e. The zero-order chi connectivity index (χ0) is 28.3. The number of hydrogen-bond donors (Lipinski definition) is 3. The molecule has 0 saturated carbocycles. The zero-order valence-corrected chi connectivity index (χ0v) is 24.1. The first-order valence-electron chi connectivity index (χ1n) is 13.2. The van der Waals surface area contributed by atoms with Gasteiger partial charge in [0, 0.05) is 51.0 Å². The van der Waals surface area contributed by atoms with Gasteiger partial charge in [-0.1, -0.05) is 23.7 Å². The highest BCUT2D eigenvalue weighted by Crippen LogP contribution is 2.31. The second kappa shape index (κ2) is 12.1. The molecule has 13 heteroatoms. The van der Waals surface area contributed by atoms with Gasteiger partial charge >= 0.3 is 0 Å². The van der Waals surface area contributed by atoms with Crippen LogP contribution in [-0.4, -0.2) is 86.8 Å². The van der Waals surface area contributed by atoms with Crippen LogP contribution in [0.1, 0.15) is 12.8 Å². The minimum atomic E-state index is -3.49. The number of anilines is 6. The molecule has 1 aromatic heterocycles. The molecule has 0 aliphatic carbocycles. The van der Waals surface area contributed by atoms with Gasteiger partial charge in [-0.25, -0.2) is 17.8 Å². The summed E-state index contributed by atoms with van der Waals surface area (Å²) < 4.78 is 41.1. The first-order valence-corrected chi connectivity index (χ1v) is 15.5. The van der Waals surface area contributed by atoms with Crippen molar-refractivity contribution in [1.29, 1.82) is 0 Å². The number of sulfonamides is 1. The van der Waals surface area contributed by atoms with Crippen molar-refractivity contribution < 1.29 is 12.8 Å². The SMILES string of the molecule is CN1CCN(C2CCN(c3ccc(Nc4ncc(Cl)c(Nc5ccccc5NS(C)(=O)=O)n4)cc3F)CC2)CC1. The van der Waals surface area contributed by atoms with Gasteiger partial charge in [-0.3, -0.25) is 9.62 Å². The summed E-state index contributed by atoms with van der Waals surface area (Å²) in [5, 5.41) is 6.32. The van der Waals surface area contributed by atoms with Crippen molar-refractivity contribution in [1.82, 2.24) is 19.8 Å². The Kier molecular flexibility index (Phi) is 8.60. The summed E-state index contributed by atoms with van der Waals surface area (Å²) in [7, 11) is -1.32. The quantitative estimate of drug-likeness (QED) is 0.354. The zero-order valence-electron chi connectivity index (χ0n) is 22.6. The van der Waals surface area contributed by atoms with E-state index in [0.717, 1.165) is 58.4 Å². The van der Waals surface area contributed by atoms with Gasteiger partial charge in [-0.05, 0) is 50.2 Å². The highest BCUT2D eigenvalue weighted by molar-refractivity contribution is 7.92. The third-order valence-electron chi connectivity index (χ3n) is 7.28. The van der Waals surface area contributed by atoms with E-state index in [0.29, 0.717) is 28.8 Å². The maximum atomic E-state index is 15.2. The van der Waals surface area contributed by atoms with Crippen LogP contribution in [0.5, 0.6) is 0 Å². The van der Waals surface area contributed by atoms with Crippen LogP contribution < -0.4 is 20.3 Å². The van der Waals surface area contributed by atoms with Crippen LogP contribution in [-0.2, 0) is 10.0 Å². The number of nitrogens with zero attached hydrogens (tertiary/aromatic N) is 5. The molecule has 2 fully saturated rings. The minimum Gasteiger partial charge on any atom is -0.369 e. The summed E-state index contributed by atoms with van der Waals surface area (Å²) in [5.41, 5.74) is 1.91. The van der Waals surface area contributed by atoms with E-state index < -0.39 is 10.0 Å². The van der Waals surface area contributed by atoms with Crippen molar-refractivity contribution in [2.45, 2.75) is 18.9 Å². The molecule has 2 aliphatic heterocycles. The topological polar surface area (TPSA) is 106 Å². The van der Waals surface area contributed by atoms with Gasteiger partial charge in [0.15, 0.2) is 5.82 Å². The van der Waals surface area contributed by atoms with Crippen molar-refractivity contribution in [2.75, 3.05) is 72.8 Å². The number of halogens is 2. The lowest BCUT2D eigenvalue weighted by Crippen LogP contribution is -2.52. The molecule has 0 unspecified atom stereocenters. The van der Waals surface area contributed by atoms with Gasteiger partial charge in [-0.2, -0.15) is 4.98 Å². The number of likely N-dealkylation sites (N-methyl/N-ethyl adjacent to an activating group) is 1. The number of piperidine rings is 1. The Balaban J connectivity index is 1.23. The molecule has 40 heavy (non-hydrogen) atoms. The number of nitrogens with one attached hydrogen (secondary N) is 3. The second-order valence-electron chi connectivity index (χ2n) is 10.3. The number of para-hydroxylation sites is 2. The van der Waals surface area contributed by atoms with E-state index in [9.17, 15) is 8.42 Å². The van der Waals surface area contributed by atoms with Gasteiger partial charge in [0.25, 0.3) is 0 Å². The van der Waals surface area contributed by atoms with Crippen LogP contribution in [0.3, 0.4) is 0 Å². The van der Waals surface area contributed by atoms with E-state index in [2.05, 4.69) is 47.1 Å². The molecule has 3 aromatic rings. The van der Waals surface area contributed by atoms with Crippen LogP contribution in [0.4, 0.5) is 38.9 Å². The summed E-state index contributed by atoms with van der Waals surface area (Å²) in [4.78, 5) is 15.7. The van der Waals surface area contributed by atoms with Crippen molar-refractivity contribution in [3.05, 3.63) is 59.5 Å². The predicted octanol–water partition coefficient (Wildman–Crippen LogP) is 4.34. The number of piperazine rings is 1. The monoisotopic (exact) mass is 588 g/mol. The van der Waals surface area contributed by atoms with Crippen molar-refractivity contribution in [3.8, 4) is 0 Å². The normalized spacial score (nSPS) is 17.6. The standard InChI is InChI=1S/C27H34ClFN8O2S/c1-35-13-15-36(16-14-35)20-9-11-37(12-10-20)25-8-7-19(17-22(25)29)31-27-30-18-21(28)26(33-27)32-23-5-3-4-6-24(23)34-40(2,38)39/h3-8,17-18,20,34H,9-16H2,1-2H3,(H2,30,31,32,33). The van der Waals surface area contributed by atoms with Crippen LogP contribution in [0.25, 0.3) is 0 Å². The predicted molar refractivity (Wildman–Crippen MR) is 159 cm³/mol. The van der Waals surface area contributed by atoms with Crippen LogP contribution in [0.2, 0.25) is 5.02 Å². The molecule has 2 aromatic carbocycles. The number of aromatic nitrogens is 2. The summed E-state index contributed by atoms with van der Waals surface area (Å²) in [5.74, 6) is 0.166. The first-order chi connectivity index (χ1) is 19.1. The molecule has 5 rings (SSSR count). The van der Waals surface area contributed by atoms with E-state index in [1.807, 2.05) is 0 Å². The molecule has 3 heterocycles. The second-order valence-corrected chi connectivity index (χ2v) is 12.4. The van der Waals surface area contributed by atoms with Gasteiger partial charge in [0.05, 0.1) is 29.5 Å². The Morgan fingerprint density at radius 1 is 0.975 bits per heavy atom. The average Bonchev–Trinajstić information content (AvgIpc) is 2.92.